The van der Waals surface area contributed by atoms with E-state index in [9.17, 15) is 14.7 Å². The summed E-state index contributed by atoms with van der Waals surface area (Å²) in [6.07, 6.45) is 0.927. The van der Waals surface area contributed by atoms with Crippen molar-refractivity contribution in [1.82, 2.24) is 10.3 Å². The Bertz CT molecular complexity index is 1080. The first kappa shape index (κ1) is 21.0. The standard InChI is InChI=1S/C23H23N3O4S/c1-26-17-9-5-6-10-18(17)30-14-16(23(26)29)24-22(28)21-19(11-12-27)31-20(25-21)13-15-7-3-2-4-8-15/h2-10,16,27H,11-14H2,1H3,(H,24,28). The van der Waals surface area contributed by atoms with Gasteiger partial charge in [0, 0.05) is 31.4 Å². The average molecular weight is 438 g/mol. The lowest BCUT2D eigenvalue weighted by atomic mass is 10.2. The molecular formula is C23H23N3O4S. The van der Waals surface area contributed by atoms with Gasteiger partial charge in [-0.1, -0.05) is 42.5 Å². The van der Waals surface area contributed by atoms with Crippen molar-refractivity contribution in [1.29, 1.82) is 0 Å². The van der Waals surface area contributed by atoms with Crippen LogP contribution >= 0.6 is 11.3 Å². The predicted octanol–water partition coefficient (Wildman–Crippen LogP) is 2.42. The number of carbonyl (C=O) groups excluding carboxylic acids is 2. The van der Waals surface area contributed by atoms with Crippen molar-refractivity contribution in [2.75, 3.05) is 25.2 Å². The molecule has 2 heterocycles. The third-order valence-corrected chi connectivity index (χ3v) is 6.17. The molecule has 1 aliphatic heterocycles. The van der Waals surface area contributed by atoms with Crippen molar-refractivity contribution in [3.05, 3.63) is 75.7 Å². The van der Waals surface area contributed by atoms with Crippen LogP contribution in [-0.4, -0.2) is 48.2 Å². The van der Waals surface area contributed by atoms with Gasteiger partial charge >= 0.3 is 0 Å². The van der Waals surface area contributed by atoms with E-state index in [1.165, 1.54) is 16.2 Å². The van der Waals surface area contributed by atoms with Gasteiger partial charge in [0.05, 0.1) is 10.7 Å². The number of rotatable bonds is 6. The van der Waals surface area contributed by atoms with E-state index in [0.717, 1.165) is 10.6 Å². The number of fused-ring (bicyclic) bond motifs is 1. The quantitative estimate of drug-likeness (QED) is 0.618. The number of amides is 2. The number of hydrogen-bond acceptors (Lipinski definition) is 6. The van der Waals surface area contributed by atoms with Crippen molar-refractivity contribution in [2.45, 2.75) is 18.9 Å². The molecule has 0 saturated carbocycles. The van der Waals surface area contributed by atoms with Crippen molar-refractivity contribution >= 4 is 28.8 Å². The lowest BCUT2D eigenvalue weighted by Crippen LogP contribution is -2.49. The fourth-order valence-electron chi connectivity index (χ4n) is 3.48. The zero-order valence-electron chi connectivity index (χ0n) is 17.1. The second-order valence-corrected chi connectivity index (χ2v) is 8.39. The van der Waals surface area contributed by atoms with Crippen molar-refractivity contribution in [3.63, 3.8) is 0 Å². The van der Waals surface area contributed by atoms with Gasteiger partial charge in [0.1, 0.15) is 24.1 Å². The van der Waals surface area contributed by atoms with E-state index in [4.69, 9.17) is 4.74 Å². The predicted molar refractivity (Wildman–Crippen MR) is 119 cm³/mol. The molecule has 2 N–H and O–H groups in total. The number of nitrogens with zero attached hydrogens (tertiary/aromatic N) is 2. The topological polar surface area (TPSA) is 91.8 Å². The van der Waals surface area contributed by atoms with Crippen LogP contribution in [0, 0.1) is 0 Å². The molecule has 1 aliphatic rings. The first-order chi connectivity index (χ1) is 15.1. The highest BCUT2D eigenvalue weighted by Crippen LogP contribution is 2.30. The van der Waals surface area contributed by atoms with Gasteiger partial charge in [-0.15, -0.1) is 11.3 Å². The molecule has 31 heavy (non-hydrogen) atoms. The zero-order chi connectivity index (χ0) is 21.8. The Kier molecular flexibility index (Phi) is 6.29. The molecule has 3 aromatic rings. The Labute approximate surface area is 184 Å². The number of benzene rings is 2. The molecule has 8 heteroatoms. The van der Waals surface area contributed by atoms with E-state index in [1.54, 1.807) is 19.2 Å². The van der Waals surface area contributed by atoms with Crippen molar-refractivity contribution in [2.24, 2.45) is 0 Å². The first-order valence-electron chi connectivity index (χ1n) is 10.0. The summed E-state index contributed by atoms with van der Waals surface area (Å²) < 4.78 is 5.77. The molecular weight excluding hydrogens is 414 g/mol. The van der Waals surface area contributed by atoms with Crippen LogP contribution in [-0.2, 0) is 17.6 Å². The SMILES string of the molecule is CN1C(=O)C(NC(=O)c2nc(Cc3ccccc3)sc2CCO)COc2ccccc21. The van der Waals surface area contributed by atoms with Crippen LogP contribution in [0.25, 0.3) is 0 Å². The number of para-hydroxylation sites is 2. The molecule has 0 radical (unpaired) electrons. The first-order valence-corrected chi connectivity index (χ1v) is 10.8. The number of aliphatic hydroxyl groups is 1. The molecule has 7 nitrogen and oxygen atoms in total. The Morgan fingerprint density at radius 1 is 1.23 bits per heavy atom. The number of nitrogens with one attached hydrogen (secondary N) is 1. The number of carbonyl (C=O) groups is 2. The summed E-state index contributed by atoms with van der Waals surface area (Å²) in [5.74, 6) is -0.114. The average Bonchev–Trinajstić information content (AvgIpc) is 3.14. The molecule has 0 spiro atoms. The Morgan fingerprint density at radius 3 is 2.74 bits per heavy atom. The maximum Gasteiger partial charge on any atom is 0.271 e. The van der Waals surface area contributed by atoms with Crippen LogP contribution in [0.4, 0.5) is 5.69 Å². The van der Waals surface area contributed by atoms with Gasteiger partial charge in [0.2, 0.25) is 0 Å². The normalized spacial score (nSPS) is 15.7. The van der Waals surface area contributed by atoms with Crippen LogP contribution in [0.15, 0.2) is 54.6 Å². The largest absolute Gasteiger partial charge is 0.489 e. The summed E-state index contributed by atoms with van der Waals surface area (Å²) in [5.41, 5.74) is 2.00. The second kappa shape index (κ2) is 9.28. The van der Waals surface area contributed by atoms with Gasteiger partial charge in [-0.25, -0.2) is 4.98 Å². The Balaban J connectivity index is 1.53. The van der Waals surface area contributed by atoms with Gasteiger partial charge in [0.15, 0.2) is 0 Å². The molecule has 2 aromatic carbocycles. The van der Waals surface area contributed by atoms with Gasteiger partial charge in [-0.2, -0.15) is 0 Å². The minimum absolute atomic E-state index is 0.0300. The van der Waals surface area contributed by atoms with Crippen LogP contribution < -0.4 is 15.0 Å². The number of likely N-dealkylation sites (N-methyl/N-ethyl adjacent to an activating group) is 1. The molecule has 0 fully saturated rings. The highest BCUT2D eigenvalue weighted by atomic mass is 32.1. The number of anilines is 1. The highest BCUT2D eigenvalue weighted by molar-refractivity contribution is 7.12. The molecule has 1 aromatic heterocycles. The summed E-state index contributed by atoms with van der Waals surface area (Å²) in [6, 6.07) is 16.3. The zero-order valence-corrected chi connectivity index (χ0v) is 17.9. The maximum atomic E-state index is 13.0. The molecule has 0 bridgehead atoms. The van der Waals surface area contributed by atoms with Gasteiger partial charge in [-0.05, 0) is 17.7 Å². The second-order valence-electron chi connectivity index (χ2n) is 7.22. The minimum Gasteiger partial charge on any atom is -0.489 e. The summed E-state index contributed by atoms with van der Waals surface area (Å²) >= 11 is 1.41. The van der Waals surface area contributed by atoms with Crippen LogP contribution in [0.2, 0.25) is 0 Å². The van der Waals surface area contributed by atoms with Gasteiger partial charge < -0.3 is 20.1 Å². The Morgan fingerprint density at radius 2 is 1.97 bits per heavy atom. The molecule has 1 atom stereocenters. The summed E-state index contributed by atoms with van der Waals surface area (Å²) in [4.78, 5) is 32.7. The summed E-state index contributed by atoms with van der Waals surface area (Å²) in [6.45, 7) is -0.0565. The number of hydrogen-bond donors (Lipinski definition) is 2. The van der Waals surface area contributed by atoms with Crippen LogP contribution in [0.5, 0.6) is 5.75 Å². The summed E-state index contributed by atoms with van der Waals surface area (Å²) in [5, 5.41) is 13.0. The fourth-order valence-corrected chi connectivity index (χ4v) is 4.57. The lowest BCUT2D eigenvalue weighted by Gasteiger charge is -2.20. The van der Waals surface area contributed by atoms with Crippen LogP contribution in [0.3, 0.4) is 0 Å². The molecule has 0 saturated heterocycles. The Hall–Kier alpha value is -3.23. The van der Waals surface area contributed by atoms with Crippen molar-refractivity contribution in [3.8, 4) is 5.75 Å². The molecule has 160 valence electrons. The third-order valence-electron chi connectivity index (χ3n) is 5.06. The van der Waals surface area contributed by atoms with E-state index in [2.05, 4.69) is 10.3 Å². The van der Waals surface area contributed by atoms with Gasteiger partial charge in [-0.3, -0.25) is 9.59 Å². The van der Waals surface area contributed by atoms with E-state index >= 15 is 0 Å². The monoisotopic (exact) mass is 437 g/mol. The third kappa shape index (κ3) is 4.60. The summed E-state index contributed by atoms with van der Waals surface area (Å²) in [7, 11) is 1.66. The molecule has 4 rings (SSSR count). The van der Waals surface area contributed by atoms with E-state index < -0.39 is 11.9 Å². The number of aliphatic hydroxyl groups excluding tert-OH is 1. The number of thiazole rings is 1. The molecule has 2 amide bonds. The number of aromatic nitrogens is 1. The fraction of sp³-hybridized carbons (Fsp3) is 0.261. The van der Waals surface area contributed by atoms with Crippen LogP contribution in [0.1, 0.15) is 25.9 Å². The smallest absolute Gasteiger partial charge is 0.271 e. The van der Waals surface area contributed by atoms with E-state index in [-0.39, 0.29) is 24.8 Å². The van der Waals surface area contributed by atoms with E-state index in [0.29, 0.717) is 29.2 Å². The lowest BCUT2D eigenvalue weighted by molar-refractivity contribution is -0.120. The number of ether oxygens (including phenoxy) is 1. The minimum atomic E-state index is -0.842. The molecule has 0 aliphatic carbocycles. The maximum absolute atomic E-state index is 13.0. The van der Waals surface area contributed by atoms with Gasteiger partial charge in [0.25, 0.3) is 11.8 Å². The molecule has 1 unspecified atom stereocenters. The highest BCUT2D eigenvalue weighted by Gasteiger charge is 2.31. The van der Waals surface area contributed by atoms with Crippen molar-refractivity contribution < 1.29 is 19.4 Å². The van der Waals surface area contributed by atoms with E-state index in [1.807, 2.05) is 42.5 Å².